The number of allylic oxidation sites excluding steroid dienone is 8. The van der Waals surface area contributed by atoms with Crippen molar-refractivity contribution < 1.29 is 49.0 Å². The van der Waals surface area contributed by atoms with Crippen molar-refractivity contribution in [2.75, 3.05) is 19.8 Å². The number of carbonyl (C=O) groups excluding carboxylic acids is 2. The summed E-state index contributed by atoms with van der Waals surface area (Å²) in [6.07, 6.45) is 45.6. The van der Waals surface area contributed by atoms with Gasteiger partial charge in [0.25, 0.3) is 0 Å². The predicted molar refractivity (Wildman–Crippen MR) is 256 cm³/mol. The third kappa shape index (κ3) is 34.6. The van der Waals surface area contributed by atoms with Crippen LogP contribution in [0.4, 0.5) is 0 Å². The average Bonchev–Trinajstić information content (AvgIpc) is 3.28. The van der Waals surface area contributed by atoms with Crippen LogP contribution in [0.15, 0.2) is 48.6 Å². The fraction of sp³-hybridized carbons (Fsp3) is 0.811. The fourth-order valence-corrected chi connectivity index (χ4v) is 7.71. The Hall–Kier alpha value is -2.34. The highest BCUT2D eigenvalue weighted by Gasteiger charge is 2.44. The highest BCUT2D eigenvalue weighted by Crippen LogP contribution is 2.23. The van der Waals surface area contributed by atoms with E-state index in [9.17, 15) is 30.0 Å². The Kier molecular flexibility index (Phi) is 40.6. The summed E-state index contributed by atoms with van der Waals surface area (Å²) >= 11 is 0. The van der Waals surface area contributed by atoms with Crippen molar-refractivity contribution in [3.8, 4) is 0 Å². The Bertz CT molecular complexity index is 1170. The number of esters is 2. The first-order chi connectivity index (χ1) is 30.8. The van der Waals surface area contributed by atoms with E-state index < -0.39 is 49.4 Å². The summed E-state index contributed by atoms with van der Waals surface area (Å²) in [5.74, 6) is -0.848. The van der Waals surface area contributed by atoms with Crippen LogP contribution >= 0.6 is 0 Å². The molecule has 0 aromatic carbocycles. The van der Waals surface area contributed by atoms with E-state index in [0.29, 0.717) is 6.42 Å². The molecule has 10 heteroatoms. The maximum atomic E-state index is 12.8. The normalized spacial score (nSPS) is 19.9. The van der Waals surface area contributed by atoms with E-state index in [1.807, 2.05) is 0 Å². The van der Waals surface area contributed by atoms with Crippen molar-refractivity contribution in [3.63, 3.8) is 0 Å². The second kappa shape index (κ2) is 43.5. The number of hydrogen-bond acceptors (Lipinski definition) is 10. The molecule has 0 amide bonds. The van der Waals surface area contributed by atoms with Crippen LogP contribution in [-0.2, 0) is 28.5 Å². The first-order valence-electron chi connectivity index (χ1n) is 25.7. The van der Waals surface area contributed by atoms with Gasteiger partial charge in [-0.2, -0.15) is 0 Å². The summed E-state index contributed by atoms with van der Waals surface area (Å²) < 4.78 is 22.2. The standard InChI is InChI=1S/C53H94O10/c1-3-5-7-9-11-13-15-17-19-20-21-22-23-24-25-26-28-29-31-33-35-37-39-41-48(55)60-44-46(45-61-53-52(59)51(58)50(57)47(43-54)63-53)62-49(56)42-40-38-36-34-32-30-27-18-16-14-12-10-8-6-4-2/h6,8,12,14,18,27,32,34,46-47,50-54,57-59H,3-5,7,9-11,13,15-17,19-26,28-31,33,35-45H2,1-2H3/b8-6-,14-12-,27-18-,34-32-. The first-order valence-corrected chi connectivity index (χ1v) is 25.7. The van der Waals surface area contributed by atoms with Crippen LogP contribution in [-0.4, -0.2) is 89.0 Å². The lowest BCUT2D eigenvalue weighted by Gasteiger charge is -2.39. The first kappa shape index (κ1) is 58.7. The van der Waals surface area contributed by atoms with Gasteiger partial charge < -0.3 is 39.4 Å². The van der Waals surface area contributed by atoms with Gasteiger partial charge in [-0.25, -0.2) is 0 Å². The third-order valence-electron chi connectivity index (χ3n) is 11.7. The van der Waals surface area contributed by atoms with Crippen LogP contribution in [0.2, 0.25) is 0 Å². The van der Waals surface area contributed by atoms with Gasteiger partial charge in [0.05, 0.1) is 13.2 Å². The molecule has 0 aromatic heterocycles. The van der Waals surface area contributed by atoms with Crippen molar-refractivity contribution >= 4 is 11.9 Å². The zero-order chi connectivity index (χ0) is 45.9. The summed E-state index contributed by atoms with van der Waals surface area (Å²) in [7, 11) is 0. The SMILES string of the molecule is CC/C=C\C/C=C\C/C=C\C/C=C\CCCCC(=O)OC(COC(=O)CCCCCCCCCCCCCCCCCCCCCCCCC)COC1OC(CO)C(O)C(O)C1O. The third-order valence-corrected chi connectivity index (χ3v) is 11.7. The second-order valence-electron chi connectivity index (χ2n) is 17.6. The van der Waals surface area contributed by atoms with Crippen LogP contribution in [0.3, 0.4) is 0 Å². The van der Waals surface area contributed by atoms with Crippen molar-refractivity contribution in [2.45, 2.75) is 256 Å². The monoisotopic (exact) mass is 891 g/mol. The van der Waals surface area contributed by atoms with E-state index >= 15 is 0 Å². The Labute approximate surface area is 384 Å². The summed E-state index contributed by atoms with van der Waals surface area (Å²) in [6.45, 7) is 3.29. The number of aliphatic hydroxyl groups excluding tert-OH is 4. The smallest absolute Gasteiger partial charge is 0.306 e. The Morgan fingerprint density at radius 1 is 0.508 bits per heavy atom. The van der Waals surface area contributed by atoms with E-state index in [-0.39, 0.29) is 32.0 Å². The molecule has 1 heterocycles. The molecule has 366 valence electrons. The molecule has 1 saturated heterocycles. The van der Waals surface area contributed by atoms with E-state index in [4.69, 9.17) is 18.9 Å². The lowest BCUT2D eigenvalue weighted by molar-refractivity contribution is -0.305. The van der Waals surface area contributed by atoms with Gasteiger partial charge in [0.1, 0.15) is 31.0 Å². The number of rotatable bonds is 43. The molecule has 1 aliphatic heterocycles. The molecule has 6 unspecified atom stereocenters. The molecule has 0 saturated carbocycles. The number of aliphatic hydroxyl groups is 4. The molecule has 1 rings (SSSR count). The minimum absolute atomic E-state index is 0.178. The van der Waals surface area contributed by atoms with Crippen molar-refractivity contribution in [3.05, 3.63) is 48.6 Å². The molecule has 0 radical (unpaired) electrons. The van der Waals surface area contributed by atoms with E-state index in [1.165, 1.54) is 128 Å². The van der Waals surface area contributed by atoms with E-state index in [0.717, 1.165) is 57.8 Å². The topological polar surface area (TPSA) is 152 Å². The van der Waals surface area contributed by atoms with Crippen molar-refractivity contribution in [2.24, 2.45) is 0 Å². The van der Waals surface area contributed by atoms with Crippen molar-refractivity contribution in [1.82, 2.24) is 0 Å². The Balaban J connectivity index is 2.24. The molecule has 4 N–H and O–H groups in total. The summed E-state index contributed by atoms with van der Waals surface area (Å²) in [5.41, 5.74) is 0. The van der Waals surface area contributed by atoms with E-state index in [2.05, 4.69) is 62.5 Å². The fourth-order valence-electron chi connectivity index (χ4n) is 7.71. The van der Waals surface area contributed by atoms with Gasteiger partial charge in [0.2, 0.25) is 0 Å². The predicted octanol–water partition coefficient (Wildman–Crippen LogP) is 12.0. The summed E-state index contributed by atoms with van der Waals surface area (Å²) in [4.78, 5) is 25.4. The van der Waals surface area contributed by atoms with Crippen LogP contribution < -0.4 is 0 Å². The zero-order valence-corrected chi connectivity index (χ0v) is 40.1. The highest BCUT2D eigenvalue weighted by molar-refractivity contribution is 5.70. The minimum atomic E-state index is -1.60. The van der Waals surface area contributed by atoms with E-state index in [1.54, 1.807) is 0 Å². The van der Waals surface area contributed by atoms with Crippen LogP contribution in [0, 0.1) is 0 Å². The van der Waals surface area contributed by atoms with Gasteiger partial charge in [-0.05, 0) is 51.4 Å². The second-order valence-corrected chi connectivity index (χ2v) is 17.6. The average molecular weight is 891 g/mol. The highest BCUT2D eigenvalue weighted by atomic mass is 16.7. The molecule has 10 nitrogen and oxygen atoms in total. The van der Waals surface area contributed by atoms with Gasteiger partial charge in [-0.3, -0.25) is 9.59 Å². The zero-order valence-electron chi connectivity index (χ0n) is 40.1. The summed E-state index contributed by atoms with van der Waals surface area (Å²) in [5, 5.41) is 40.2. The number of carbonyl (C=O) groups is 2. The van der Waals surface area contributed by atoms with Crippen molar-refractivity contribution in [1.29, 1.82) is 0 Å². The number of unbranched alkanes of at least 4 members (excludes halogenated alkanes) is 24. The molecule has 0 aromatic rings. The van der Waals surface area contributed by atoms with Crippen LogP contribution in [0.5, 0.6) is 0 Å². The molecular weight excluding hydrogens is 797 g/mol. The molecule has 0 spiro atoms. The molecule has 1 fully saturated rings. The lowest BCUT2D eigenvalue weighted by Crippen LogP contribution is -2.59. The van der Waals surface area contributed by atoms with Crippen LogP contribution in [0.25, 0.3) is 0 Å². The van der Waals surface area contributed by atoms with Gasteiger partial charge in [0.15, 0.2) is 12.4 Å². The van der Waals surface area contributed by atoms with Gasteiger partial charge in [-0.1, -0.05) is 204 Å². The minimum Gasteiger partial charge on any atom is -0.462 e. The molecule has 0 aliphatic carbocycles. The largest absolute Gasteiger partial charge is 0.462 e. The summed E-state index contributed by atoms with van der Waals surface area (Å²) in [6, 6.07) is 0. The van der Waals surface area contributed by atoms with Gasteiger partial charge in [0, 0.05) is 12.8 Å². The molecule has 6 atom stereocenters. The van der Waals surface area contributed by atoms with Crippen LogP contribution in [0.1, 0.15) is 219 Å². The number of hydrogen-bond donors (Lipinski definition) is 4. The molecule has 1 aliphatic rings. The quantitative estimate of drug-likeness (QED) is 0.0264. The Morgan fingerprint density at radius 3 is 1.41 bits per heavy atom. The molecule has 0 bridgehead atoms. The molecule has 63 heavy (non-hydrogen) atoms. The van der Waals surface area contributed by atoms with Gasteiger partial charge >= 0.3 is 11.9 Å². The maximum absolute atomic E-state index is 12.8. The molecular formula is C53H94O10. The lowest BCUT2D eigenvalue weighted by atomic mass is 9.99. The Morgan fingerprint density at radius 2 is 0.937 bits per heavy atom. The van der Waals surface area contributed by atoms with Gasteiger partial charge in [-0.15, -0.1) is 0 Å². The maximum Gasteiger partial charge on any atom is 0.306 e. The number of ether oxygens (including phenoxy) is 4.